The number of hydrazine groups is 1. The summed E-state index contributed by atoms with van der Waals surface area (Å²) in [6.07, 6.45) is 2.17. The standard InChI is InChI=1S/C11H17N5O4/c1-3-11(4-2,15-12)10(17)14-13-7-8-5-6-9(20-8)16(18)19/h5-7,15H,3-4,12H2,1-2H3,(H,14,17)/b13-7-. The third kappa shape index (κ3) is 3.39. The van der Waals surface area contributed by atoms with Gasteiger partial charge in [0, 0.05) is 0 Å². The Bertz CT molecular complexity index is 498. The lowest BCUT2D eigenvalue weighted by molar-refractivity contribution is -0.402. The summed E-state index contributed by atoms with van der Waals surface area (Å²) < 4.78 is 4.85. The first-order chi connectivity index (χ1) is 9.49. The Morgan fingerprint density at radius 1 is 1.55 bits per heavy atom. The number of nitrogens with one attached hydrogen (secondary N) is 2. The average Bonchev–Trinajstić information content (AvgIpc) is 2.90. The van der Waals surface area contributed by atoms with Gasteiger partial charge in [-0.05, 0) is 18.9 Å². The number of nitrogens with zero attached hydrogens (tertiary/aromatic N) is 2. The Labute approximate surface area is 115 Å². The molecule has 20 heavy (non-hydrogen) atoms. The Hall–Kier alpha value is -2.26. The summed E-state index contributed by atoms with van der Waals surface area (Å²) in [5, 5.41) is 14.1. The van der Waals surface area contributed by atoms with E-state index in [-0.39, 0.29) is 11.7 Å². The number of amides is 1. The zero-order valence-electron chi connectivity index (χ0n) is 11.3. The zero-order valence-corrected chi connectivity index (χ0v) is 11.3. The van der Waals surface area contributed by atoms with Crippen molar-refractivity contribution in [2.75, 3.05) is 0 Å². The fraction of sp³-hybridized carbons (Fsp3) is 0.455. The second kappa shape index (κ2) is 6.78. The molecular formula is C11H17N5O4. The van der Waals surface area contributed by atoms with Crippen LogP contribution in [-0.4, -0.2) is 22.6 Å². The number of carbonyl (C=O) groups excluding carboxylic acids is 1. The fourth-order valence-corrected chi connectivity index (χ4v) is 1.61. The molecule has 0 bridgehead atoms. The number of nitro groups is 1. The first-order valence-corrected chi connectivity index (χ1v) is 6.04. The van der Waals surface area contributed by atoms with Crippen LogP contribution in [0.5, 0.6) is 0 Å². The Kier molecular flexibility index (Phi) is 5.35. The zero-order chi connectivity index (χ0) is 15.2. The van der Waals surface area contributed by atoms with Crippen molar-refractivity contribution in [1.82, 2.24) is 10.9 Å². The van der Waals surface area contributed by atoms with Gasteiger partial charge >= 0.3 is 5.88 Å². The molecule has 9 heteroatoms. The third-order valence-corrected chi connectivity index (χ3v) is 3.07. The molecule has 110 valence electrons. The summed E-state index contributed by atoms with van der Waals surface area (Å²) in [4.78, 5) is 21.7. The molecule has 0 radical (unpaired) electrons. The van der Waals surface area contributed by atoms with Crippen LogP contribution in [0, 0.1) is 10.1 Å². The van der Waals surface area contributed by atoms with Crippen molar-refractivity contribution in [2.24, 2.45) is 10.9 Å². The summed E-state index contributed by atoms with van der Waals surface area (Å²) in [6.45, 7) is 3.64. The second-order valence-electron chi connectivity index (χ2n) is 4.07. The molecule has 0 atom stereocenters. The maximum absolute atomic E-state index is 12.0. The van der Waals surface area contributed by atoms with Gasteiger partial charge in [0.2, 0.25) is 0 Å². The number of hydrogen-bond donors (Lipinski definition) is 3. The van der Waals surface area contributed by atoms with Gasteiger partial charge in [0.15, 0.2) is 5.76 Å². The lowest BCUT2D eigenvalue weighted by Crippen LogP contribution is -2.58. The molecule has 0 aliphatic carbocycles. The SMILES string of the molecule is CCC(CC)(NN)C(=O)N/N=C\c1ccc([N+](=O)[O-])o1. The van der Waals surface area contributed by atoms with Gasteiger partial charge in [-0.1, -0.05) is 13.8 Å². The van der Waals surface area contributed by atoms with Crippen LogP contribution in [0.3, 0.4) is 0 Å². The van der Waals surface area contributed by atoms with E-state index in [0.29, 0.717) is 12.8 Å². The molecule has 0 spiro atoms. The van der Waals surface area contributed by atoms with Crippen molar-refractivity contribution >= 4 is 18.0 Å². The van der Waals surface area contributed by atoms with E-state index in [4.69, 9.17) is 10.3 Å². The molecule has 9 nitrogen and oxygen atoms in total. The van der Waals surface area contributed by atoms with Crippen molar-refractivity contribution in [1.29, 1.82) is 0 Å². The largest absolute Gasteiger partial charge is 0.433 e. The Morgan fingerprint density at radius 3 is 2.65 bits per heavy atom. The molecule has 0 saturated heterocycles. The first-order valence-electron chi connectivity index (χ1n) is 6.04. The maximum Gasteiger partial charge on any atom is 0.433 e. The molecule has 0 aliphatic rings. The van der Waals surface area contributed by atoms with Crippen LogP contribution in [0.25, 0.3) is 0 Å². The number of nitrogens with two attached hydrogens (primary N) is 1. The van der Waals surface area contributed by atoms with Crippen molar-refractivity contribution in [3.8, 4) is 0 Å². The minimum Gasteiger partial charge on any atom is -0.400 e. The van der Waals surface area contributed by atoms with E-state index < -0.39 is 16.3 Å². The smallest absolute Gasteiger partial charge is 0.400 e. The molecule has 0 saturated carbocycles. The predicted molar refractivity (Wildman–Crippen MR) is 71.7 cm³/mol. The van der Waals surface area contributed by atoms with Crippen molar-refractivity contribution in [2.45, 2.75) is 32.2 Å². The van der Waals surface area contributed by atoms with Crippen molar-refractivity contribution in [3.63, 3.8) is 0 Å². The average molecular weight is 283 g/mol. The van der Waals surface area contributed by atoms with Gasteiger partial charge in [0.1, 0.15) is 10.5 Å². The van der Waals surface area contributed by atoms with Crippen LogP contribution in [-0.2, 0) is 4.79 Å². The van der Waals surface area contributed by atoms with E-state index in [0.717, 1.165) is 0 Å². The fourth-order valence-electron chi connectivity index (χ4n) is 1.61. The van der Waals surface area contributed by atoms with Crippen LogP contribution < -0.4 is 16.7 Å². The Balaban J connectivity index is 2.67. The number of carbonyl (C=O) groups is 1. The highest BCUT2D eigenvalue weighted by Gasteiger charge is 2.33. The minimum atomic E-state index is -0.896. The van der Waals surface area contributed by atoms with Crippen LogP contribution in [0.1, 0.15) is 32.4 Å². The summed E-state index contributed by atoms with van der Waals surface area (Å²) >= 11 is 0. The number of furan rings is 1. The predicted octanol–water partition coefficient (Wildman–Crippen LogP) is 0.660. The van der Waals surface area contributed by atoms with Gasteiger partial charge in [-0.15, -0.1) is 0 Å². The maximum atomic E-state index is 12.0. The molecule has 0 aliphatic heterocycles. The summed E-state index contributed by atoms with van der Waals surface area (Å²) in [5.74, 6) is 4.78. The molecule has 0 aromatic carbocycles. The Morgan fingerprint density at radius 2 is 2.20 bits per heavy atom. The molecule has 0 fully saturated rings. The molecule has 1 amide bonds. The van der Waals surface area contributed by atoms with Crippen molar-refractivity contribution < 1.29 is 14.1 Å². The van der Waals surface area contributed by atoms with E-state index in [1.807, 2.05) is 13.8 Å². The van der Waals surface area contributed by atoms with E-state index in [1.165, 1.54) is 18.3 Å². The van der Waals surface area contributed by atoms with E-state index in [9.17, 15) is 14.9 Å². The molecule has 1 aromatic rings. The second-order valence-corrected chi connectivity index (χ2v) is 4.07. The molecular weight excluding hydrogens is 266 g/mol. The van der Waals surface area contributed by atoms with Crippen molar-refractivity contribution in [3.05, 3.63) is 28.0 Å². The monoisotopic (exact) mass is 283 g/mol. The first kappa shape index (κ1) is 15.8. The topological polar surface area (TPSA) is 136 Å². The molecule has 4 N–H and O–H groups in total. The summed E-state index contributed by atoms with van der Waals surface area (Å²) in [5.41, 5.74) is 3.91. The molecule has 1 rings (SSSR count). The lowest BCUT2D eigenvalue weighted by atomic mass is 9.93. The number of hydrazone groups is 1. The van der Waals surface area contributed by atoms with Gasteiger partial charge < -0.3 is 4.42 Å². The highest BCUT2D eigenvalue weighted by atomic mass is 16.6. The summed E-state index contributed by atoms with van der Waals surface area (Å²) in [7, 11) is 0. The molecule has 1 heterocycles. The van der Waals surface area contributed by atoms with E-state index in [2.05, 4.69) is 16.0 Å². The lowest BCUT2D eigenvalue weighted by Gasteiger charge is -2.27. The minimum absolute atomic E-state index is 0.163. The van der Waals surface area contributed by atoms with Gasteiger partial charge in [-0.25, -0.2) is 10.9 Å². The van der Waals surface area contributed by atoms with Crippen LogP contribution in [0.2, 0.25) is 0 Å². The number of hydrogen-bond acceptors (Lipinski definition) is 7. The third-order valence-electron chi connectivity index (χ3n) is 3.07. The quantitative estimate of drug-likeness (QED) is 0.291. The van der Waals surface area contributed by atoms with Gasteiger partial charge in [-0.2, -0.15) is 5.10 Å². The van der Waals surface area contributed by atoms with Crippen LogP contribution >= 0.6 is 0 Å². The van der Waals surface area contributed by atoms with Gasteiger partial charge in [0.05, 0.1) is 12.3 Å². The van der Waals surface area contributed by atoms with Gasteiger partial charge in [-0.3, -0.25) is 20.8 Å². The highest BCUT2D eigenvalue weighted by Crippen LogP contribution is 2.15. The van der Waals surface area contributed by atoms with Crippen LogP contribution in [0.15, 0.2) is 21.7 Å². The normalized spacial score (nSPS) is 11.8. The number of rotatable bonds is 7. The van der Waals surface area contributed by atoms with E-state index in [1.54, 1.807) is 0 Å². The summed E-state index contributed by atoms with van der Waals surface area (Å²) in [6, 6.07) is 2.58. The molecule has 0 unspecified atom stereocenters. The molecule has 1 aromatic heterocycles. The van der Waals surface area contributed by atoms with Gasteiger partial charge in [0.25, 0.3) is 5.91 Å². The highest BCUT2D eigenvalue weighted by molar-refractivity contribution is 5.87. The van der Waals surface area contributed by atoms with Crippen LogP contribution in [0.4, 0.5) is 5.88 Å². The van der Waals surface area contributed by atoms with E-state index >= 15 is 0 Å².